The van der Waals surface area contributed by atoms with Gasteiger partial charge in [0.15, 0.2) is 17.5 Å². The standard InChI is InChI=1S/C45H30N12/c1-4-21-46-31(10-1)34-13-7-16-37(52-34)43-49-25-40(55-43)28-19-20-29(41-26-50-44(56-41)38-17-8-14-35(53-38)32-11-2-5-22-47-32)30(24-28)42-27-51-45(57-42)39-18-9-15-36(54-39)33-12-3-6-23-48-33/h1-27H,(H,49,55)(H,50,56)(H,51,57). The van der Waals surface area contributed by atoms with Gasteiger partial charge < -0.3 is 15.0 Å². The van der Waals surface area contributed by atoms with E-state index in [0.717, 1.165) is 67.9 Å². The number of pyridine rings is 6. The summed E-state index contributed by atoms with van der Waals surface area (Å²) < 4.78 is 0. The van der Waals surface area contributed by atoms with Crippen molar-refractivity contribution < 1.29 is 0 Å². The van der Waals surface area contributed by atoms with Crippen LogP contribution in [0.1, 0.15) is 0 Å². The molecule has 9 aromatic heterocycles. The van der Waals surface area contributed by atoms with Crippen molar-refractivity contribution in [2.45, 2.75) is 0 Å². The minimum Gasteiger partial charge on any atom is -0.337 e. The molecule has 10 rings (SSSR count). The fourth-order valence-corrected chi connectivity index (χ4v) is 6.61. The second-order valence-corrected chi connectivity index (χ2v) is 13.1. The summed E-state index contributed by atoms with van der Waals surface area (Å²) in [6, 6.07) is 41.1. The lowest BCUT2D eigenvalue weighted by molar-refractivity contribution is 1.20. The second kappa shape index (κ2) is 14.5. The van der Waals surface area contributed by atoms with Gasteiger partial charge in [0, 0.05) is 35.3 Å². The summed E-state index contributed by atoms with van der Waals surface area (Å²) in [5, 5.41) is 0. The van der Waals surface area contributed by atoms with Gasteiger partial charge in [0.05, 0.1) is 69.8 Å². The molecule has 0 aliphatic carbocycles. The van der Waals surface area contributed by atoms with Crippen molar-refractivity contribution in [1.29, 1.82) is 0 Å². The Hall–Kier alpha value is -8.25. The maximum absolute atomic E-state index is 4.88. The second-order valence-electron chi connectivity index (χ2n) is 13.1. The van der Waals surface area contributed by atoms with Crippen molar-refractivity contribution in [1.82, 2.24) is 59.8 Å². The molecule has 0 aliphatic rings. The zero-order valence-corrected chi connectivity index (χ0v) is 30.1. The van der Waals surface area contributed by atoms with Crippen LogP contribution in [-0.2, 0) is 0 Å². The molecule has 0 radical (unpaired) electrons. The largest absolute Gasteiger partial charge is 0.337 e. The lowest BCUT2D eigenvalue weighted by atomic mass is 9.98. The van der Waals surface area contributed by atoms with Gasteiger partial charge in [-0.15, -0.1) is 0 Å². The third kappa shape index (κ3) is 6.74. The number of nitrogens with zero attached hydrogens (tertiary/aromatic N) is 9. The van der Waals surface area contributed by atoms with E-state index in [2.05, 4.69) is 48.1 Å². The summed E-state index contributed by atoms with van der Waals surface area (Å²) in [4.78, 5) is 52.8. The molecule has 0 saturated heterocycles. The molecule has 0 unspecified atom stereocenters. The first-order chi connectivity index (χ1) is 28.2. The molecule has 12 heteroatoms. The van der Waals surface area contributed by atoms with Crippen LogP contribution in [0.25, 0.3) is 102 Å². The predicted octanol–water partition coefficient (Wildman–Crippen LogP) is 9.23. The van der Waals surface area contributed by atoms with Gasteiger partial charge in [-0.1, -0.05) is 48.5 Å². The number of H-pyrrole nitrogens is 3. The molecular weight excluding hydrogens is 709 g/mol. The van der Waals surface area contributed by atoms with E-state index in [1.165, 1.54) is 0 Å². The Balaban J connectivity index is 1.03. The van der Waals surface area contributed by atoms with E-state index in [1.54, 1.807) is 18.6 Å². The fourth-order valence-electron chi connectivity index (χ4n) is 6.61. The van der Waals surface area contributed by atoms with Gasteiger partial charge in [-0.25, -0.2) is 29.9 Å². The van der Waals surface area contributed by atoms with Crippen molar-refractivity contribution in [3.63, 3.8) is 0 Å². The molecule has 0 saturated carbocycles. The van der Waals surface area contributed by atoms with Crippen molar-refractivity contribution >= 4 is 0 Å². The molecule has 9 heterocycles. The van der Waals surface area contributed by atoms with Gasteiger partial charge in [-0.05, 0) is 78.9 Å². The maximum atomic E-state index is 4.88. The monoisotopic (exact) mass is 738 g/mol. The van der Waals surface area contributed by atoms with Crippen LogP contribution < -0.4 is 0 Å². The van der Waals surface area contributed by atoms with Crippen LogP contribution >= 0.6 is 0 Å². The average Bonchev–Trinajstić information content (AvgIpc) is 4.10. The van der Waals surface area contributed by atoms with Crippen LogP contribution in [0.4, 0.5) is 0 Å². The van der Waals surface area contributed by atoms with E-state index in [0.29, 0.717) is 34.6 Å². The molecule has 270 valence electrons. The summed E-state index contributed by atoms with van der Waals surface area (Å²) >= 11 is 0. The molecule has 0 fully saturated rings. The van der Waals surface area contributed by atoms with Crippen LogP contribution in [-0.4, -0.2) is 59.8 Å². The highest BCUT2D eigenvalue weighted by atomic mass is 15.0. The van der Waals surface area contributed by atoms with Gasteiger partial charge in [0.25, 0.3) is 0 Å². The van der Waals surface area contributed by atoms with E-state index in [-0.39, 0.29) is 0 Å². The van der Waals surface area contributed by atoms with Crippen molar-refractivity contribution in [2.24, 2.45) is 0 Å². The van der Waals surface area contributed by atoms with Gasteiger partial charge in [-0.3, -0.25) is 15.0 Å². The van der Waals surface area contributed by atoms with Gasteiger partial charge in [0.1, 0.15) is 17.1 Å². The molecule has 57 heavy (non-hydrogen) atoms. The Labute approximate surface area is 326 Å². The van der Waals surface area contributed by atoms with Crippen molar-refractivity contribution in [3.05, 3.63) is 165 Å². The Morgan fingerprint density at radius 2 is 0.684 bits per heavy atom. The average molecular weight is 739 g/mol. The highest BCUT2D eigenvalue weighted by Gasteiger charge is 2.18. The van der Waals surface area contributed by atoms with Crippen LogP contribution in [0.5, 0.6) is 0 Å². The molecule has 0 spiro atoms. The highest BCUT2D eigenvalue weighted by molar-refractivity contribution is 5.85. The molecule has 12 nitrogen and oxygen atoms in total. The SMILES string of the molecule is c1ccc(-c2cccc(-c3ncc(-c4ccc(-c5cnc(-c6cccc(-c7ccccn7)n6)[nH]5)c(-c5cnc(-c6cccc(-c7ccccn7)n6)[nH]5)c4)[nH]3)n2)nc1. The van der Waals surface area contributed by atoms with Gasteiger partial charge in [0.2, 0.25) is 0 Å². The summed E-state index contributed by atoms with van der Waals surface area (Å²) in [5.41, 5.74) is 11.9. The van der Waals surface area contributed by atoms with Crippen LogP contribution in [0.15, 0.2) is 165 Å². The maximum Gasteiger partial charge on any atom is 0.156 e. The number of aromatic amines is 3. The lowest BCUT2D eigenvalue weighted by Crippen LogP contribution is -1.92. The number of aromatic nitrogens is 12. The van der Waals surface area contributed by atoms with Crippen LogP contribution in [0.3, 0.4) is 0 Å². The third-order valence-electron chi connectivity index (χ3n) is 9.40. The van der Waals surface area contributed by atoms with Crippen molar-refractivity contribution in [3.8, 4) is 102 Å². The quantitative estimate of drug-likeness (QED) is 0.131. The number of rotatable bonds is 9. The van der Waals surface area contributed by atoms with Gasteiger partial charge in [-0.2, -0.15) is 0 Å². The highest BCUT2D eigenvalue weighted by Crippen LogP contribution is 2.36. The van der Waals surface area contributed by atoms with E-state index in [1.807, 2.05) is 128 Å². The number of benzene rings is 1. The fraction of sp³-hybridized carbons (Fsp3) is 0. The summed E-state index contributed by atoms with van der Waals surface area (Å²) in [5.74, 6) is 1.91. The topological polar surface area (TPSA) is 163 Å². The number of hydrogen-bond donors (Lipinski definition) is 3. The summed E-state index contributed by atoms with van der Waals surface area (Å²) in [6.07, 6.45) is 10.8. The normalized spacial score (nSPS) is 11.2. The zero-order valence-electron chi connectivity index (χ0n) is 30.1. The summed E-state index contributed by atoms with van der Waals surface area (Å²) in [6.45, 7) is 0. The van der Waals surface area contributed by atoms with Crippen molar-refractivity contribution in [2.75, 3.05) is 0 Å². The third-order valence-corrected chi connectivity index (χ3v) is 9.40. The molecule has 0 atom stereocenters. The zero-order chi connectivity index (χ0) is 38.0. The minimum atomic E-state index is 0.627. The number of imidazole rings is 3. The molecule has 3 N–H and O–H groups in total. The van der Waals surface area contributed by atoms with Crippen LogP contribution in [0.2, 0.25) is 0 Å². The molecule has 10 aromatic rings. The van der Waals surface area contributed by atoms with E-state index >= 15 is 0 Å². The number of nitrogens with one attached hydrogen (secondary N) is 3. The lowest BCUT2D eigenvalue weighted by Gasteiger charge is -2.10. The Morgan fingerprint density at radius 3 is 1.12 bits per heavy atom. The molecule has 0 bridgehead atoms. The first kappa shape index (κ1) is 33.3. The minimum absolute atomic E-state index is 0.627. The molecule has 1 aromatic carbocycles. The molecule has 0 aliphatic heterocycles. The first-order valence-electron chi connectivity index (χ1n) is 18.2. The predicted molar refractivity (Wildman–Crippen MR) is 219 cm³/mol. The molecule has 0 amide bonds. The van der Waals surface area contributed by atoms with Crippen LogP contribution in [0, 0.1) is 0 Å². The van der Waals surface area contributed by atoms with E-state index < -0.39 is 0 Å². The Morgan fingerprint density at radius 1 is 0.298 bits per heavy atom. The Kier molecular flexibility index (Phi) is 8.50. The first-order valence-corrected chi connectivity index (χ1v) is 18.2. The van der Waals surface area contributed by atoms with Gasteiger partial charge >= 0.3 is 0 Å². The Bertz CT molecular complexity index is 2970. The number of hydrogen-bond acceptors (Lipinski definition) is 9. The smallest absolute Gasteiger partial charge is 0.156 e. The summed E-state index contributed by atoms with van der Waals surface area (Å²) in [7, 11) is 0. The van der Waals surface area contributed by atoms with E-state index in [4.69, 9.17) is 29.9 Å². The molecular formula is C45H30N12. The van der Waals surface area contributed by atoms with E-state index in [9.17, 15) is 0 Å².